The summed E-state index contributed by atoms with van der Waals surface area (Å²) in [6.07, 6.45) is 10.1. The third kappa shape index (κ3) is 3.34. The van der Waals surface area contributed by atoms with Crippen LogP contribution >= 0.6 is 0 Å². The van der Waals surface area contributed by atoms with Gasteiger partial charge in [-0.2, -0.15) is 0 Å². The molecule has 0 amide bonds. The van der Waals surface area contributed by atoms with E-state index in [4.69, 9.17) is 9.47 Å². The molecule has 1 N–H and O–H groups in total. The van der Waals surface area contributed by atoms with E-state index in [9.17, 15) is 14.7 Å². The molecule has 8 atom stereocenters. The summed E-state index contributed by atoms with van der Waals surface area (Å²) in [5.41, 5.74) is 1.06. The molecule has 0 bridgehead atoms. The minimum Gasteiger partial charge on any atom is -0.465 e. The number of carbonyl (C=O) groups is 2. The molecule has 3 fully saturated rings. The smallest absolute Gasteiger partial charge is 0.302 e. The number of hydrogen-bond donors (Lipinski definition) is 1. The molecule has 0 aromatic carbocycles. The number of allylic oxidation sites excluding steroid dienone is 1. The molecule has 0 radical (unpaired) electrons. The molecule has 4 aliphatic carbocycles. The lowest BCUT2D eigenvalue weighted by Gasteiger charge is -2.59. The fourth-order valence-electron chi connectivity index (χ4n) is 7.69. The molecule has 5 nitrogen and oxygen atoms in total. The van der Waals surface area contributed by atoms with Crippen LogP contribution in [0.5, 0.6) is 0 Å². The zero-order valence-corrected chi connectivity index (χ0v) is 18.6. The Bertz CT molecular complexity index is 757. The van der Waals surface area contributed by atoms with Crippen molar-refractivity contribution in [3.05, 3.63) is 24.3 Å². The van der Waals surface area contributed by atoms with E-state index in [0.717, 1.165) is 44.1 Å². The van der Waals surface area contributed by atoms with Crippen molar-refractivity contribution in [3.8, 4) is 0 Å². The molecule has 3 saturated carbocycles. The molecule has 8 unspecified atom stereocenters. The van der Waals surface area contributed by atoms with Crippen LogP contribution in [0.25, 0.3) is 0 Å². The number of esters is 2. The van der Waals surface area contributed by atoms with Crippen LogP contribution < -0.4 is 0 Å². The van der Waals surface area contributed by atoms with Crippen LogP contribution in [0.15, 0.2) is 24.3 Å². The minimum absolute atomic E-state index is 0.159. The van der Waals surface area contributed by atoms with Crippen molar-refractivity contribution < 1.29 is 24.2 Å². The fourth-order valence-corrected chi connectivity index (χ4v) is 7.69. The number of rotatable bonds is 4. The summed E-state index contributed by atoms with van der Waals surface area (Å²) in [6, 6.07) is 0. The fraction of sp³-hybridized carbons (Fsp3) is 0.760. The third-order valence-electron chi connectivity index (χ3n) is 9.03. The van der Waals surface area contributed by atoms with Gasteiger partial charge in [-0.1, -0.05) is 24.6 Å². The highest BCUT2D eigenvalue weighted by atomic mass is 16.5. The molecule has 0 heterocycles. The molecule has 0 aliphatic heterocycles. The van der Waals surface area contributed by atoms with Crippen molar-refractivity contribution >= 4 is 11.9 Å². The molecule has 0 aromatic heterocycles. The van der Waals surface area contributed by atoms with Gasteiger partial charge in [-0.05, 0) is 67.6 Å². The maximum atomic E-state index is 11.7. The van der Waals surface area contributed by atoms with E-state index in [0.29, 0.717) is 24.9 Å². The molecule has 30 heavy (non-hydrogen) atoms. The first kappa shape index (κ1) is 21.6. The second kappa shape index (κ2) is 7.81. The van der Waals surface area contributed by atoms with Crippen molar-refractivity contribution in [1.29, 1.82) is 0 Å². The Morgan fingerprint density at radius 2 is 1.93 bits per heavy atom. The van der Waals surface area contributed by atoms with Gasteiger partial charge in [0.15, 0.2) is 0 Å². The number of carbonyl (C=O) groups excluding carboxylic acids is 2. The van der Waals surface area contributed by atoms with Crippen LogP contribution in [0.1, 0.15) is 65.7 Å². The molecule has 4 aliphatic rings. The lowest BCUT2D eigenvalue weighted by atomic mass is 9.46. The summed E-state index contributed by atoms with van der Waals surface area (Å²) in [7, 11) is 0. The molecule has 0 spiro atoms. The number of hydrogen-bond acceptors (Lipinski definition) is 5. The van der Waals surface area contributed by atoms with Crippen LogP contribution in [0.3, 0.4) is 0 Å². The van der Waals surface area contributed by atoms with Gasteiger partial charge < -0.3 is 14.6 Å². The van der Waals surface area contributed by atoms with E-state index in [2.05, 4.69) is 19.6 Å². The van der Waals surface area contributed by atoms with Crippen LogP contribution in [-0.2, 0) is 19.1 Å². The molecule has 166 valence electrons. The summed E-state index contributed by atoms with van der Waals surface area (Å²) < 4.78 is 11.2. The van der Waals surface area contributed by atoms with E-state index in [1.165, 1.54) is 13.8 Å². The predicted octanol–water partition coefficient (Wildman–Crippen LogP) is 4.20. The van der Waals surface area contributed by atoms with Gasteiger partial charge in [0.1, 0.15) is 12.7 Å². The molecule has 5 heteroatoms. The number of fused-ring (bicyclic) bond motifs is 5. The monoisotopic (exact) mass is 416 g/mol. The molecular formula is C25H36O5. The number of ether oxygens (including phenoxy) is 2. The Morgan fingerprint density at radius 1 is 1.17 bits per heavy atom. The van der Waals surface area contributed by atoms with Crippen molar-refractivity contribution in [2.75, 3.05) is 6.61 Å². The quantitative estimate of drug-likeness (QED) is 0.549. The minimum atomic E-state index is -0.500. The van der Waals surface area contributed by atoms with Gasteiger partial charge in [0.2, 0.25) is 0 Å². The summed E-state index contributed by atoms with van der Waals surface area (Å²) in [5.74, 6) is 0.890. The first-order valence-electron chi connectivity index (χ1n) is 11.5. The Labute approximate surface area is 179 Å². The second-order valence-electron chi connectivity index (χ2n) is 10.3. The molecule has 4 rings (SSSR count). The van der Waals surface area contributed by atoms with Gasteiger partial charge in [-0.3, -0.25) is 9.59 Å². The Balaban J connectivity index is 1.70. The van der Waals surface area contributed by atoms with Crippen LogP contribution in [0.2, 0.25) is 0 Å². The largest absolute Gasteiger partial charge is 0.465 e. The summed E-state index contributed by atoms with van der Waals surface area (Å²) in [4.78, 5) is 23.2. The SMILES string of the molecule is C=CC1CCC2C3C(O)C=C4CC(OC(C)=O)CCC4(COC(C)=O)C3CCC12C. The van der Waals surface area contributed by atoms with E-state index in [1.54, 1.807) is 0 Å². The maximum absolute atomic E-state index is 11.7. The lowest BCUT2D eigenvalue weighted by molar-refractivity contribution is -0.157. The van der Waals surface area contributed by atoms with E-state index in [-0.39, 0.29) is 40.7 Å². The summed E-state index contributed by atoms with van der Waals surface area (Å²) >= 11 is 0. The molecule has 0 saturated heterocycles. The topological polar surface area (TPSA) is 72.8 Å². The van der Waals surface area contributed by atoms with Crippen LogP contribution in [-0.4, -0.2) is 35.9 Å². The van der Waals surface area contributed by atoms with Crippen molar-refractivity contribution in [3.63, 3.8) is 0 Å². The summed E-state index contributed by atoms with van der Waals surface area (Å²) in [6.45, 7) is 9.74. The highest BCUT2D eigenvalue weighted by Crippen LogP contribution is 2.66. The first-order chi connectivity index (χ1) is 14.2. The Hall–Kier alpha value is -1.62. The molecular weight excluding hydrogens is 380 g/mol. The van der Waals surface area contributed by atoms with E-state index < -0.39 is 6.10 Å². The van der Waals surface area contributed by atoms with Gasteiger partial charge in [-0.25, -0.2) is 0 Å². The molecule has 0 aromatic rings. The van der Waals surface area contributed by atoms with Gasteiger partial charge in [-0.15, -0.1) is 6.58 Å². The van der Waals surface area contributed by atoms with E-state index in [1.807, 2.05) is 6.08 Å². The van der Waals surface area contributed by atoms with Crippen molar-refractivity contribution in [2.45, 2.75) is 77.9 Å². The van der Waals surface area contributed by atoms with Crippen molar-refractivity contribution in [1.82, 2.24) is 0 Å². The average molecular weight is 417 g/mol. The number of aliphatic hydroxyl groups excluding tert-OH is 1. The number of aliphatic hydroxyl groups is 1. The van der Waals surface area contributed by atoms with Gasteiger partial charge in [0.05, 0.1) is 6.10 Å². The third-order valence-corrected chi connectivity index (χ3v) is 9.03. The zero-order valence-electron chi connectivity index (χ0n) is 18.6. The predicted molar refractivity (Wildman–Crippen MR) is 113 cm³/mol. The average Bonchev–Trinajstić information content (AvgIpc) is 3.02. The zero-order chi connectivity index (χ0) is 21.7. The Kier molecular flexibility index (Phi) is 5.63. The highest BCUT2D eigenvalue weighted by Gasteiger charge is 2.61. The Morgan fingerprint density at radius 3 is 2.60 bits per heavy atom. The van der Waals surface area contributed by atoms with E-state index >= 15 is 0 Å². The standard InChI is InChI=1S/C25H36O5/c1-5-17-6-7-20-23-21(9-10-24(17,20)4)25(14-29-15(2)26)11-8-19(30-16(3)27)12-18(25)13-22(23)28/h5,13,17,19-23,28H,1,6-12,14H2,2-4H3. The first-order valence-corrected chi connectivity index (χ1v) is 11.5. The van der Waals surface area contributed by atoms with Gasteiger partial charge in [0.25, 0.3) is 0 Å². The summed E-state index contributed by atoms with van der Waals surface area (Å²) in [5, 5.41) is 11.3. The van der Waals surface area contributed by atoms with Crippen LogP contribution in [0, 0.1) is 34.5 Å². The van der Waals surface area contributed by atoms with Crippen LogP contribution in [0.4, 0.5) is 0 Å². The van der Waals surface area contributed by atoms with Gasteiger partial charge >= 0.3 is 11.9 Å². The lowest BCUT2D eigenvalue weighted by Crippen LogP contribution is -2.57. The maximum Gasteiger partial charge on any atom is 0.302 e. The van der Waals surface area contributed by atoms with Crippen molar-refractivity contribution in [2.24, 2.45) is 34.5 Å². The highest BCUT2D eigenvalue weighted by molar-refractivity contribution is 5.66. The normalized spacial score (nSPS) is 44.7. The second-order valence-corrected chi connectivity index (χ2v) is 10.3. The van der Waals surface area contributed by atoms with Gasteiger partial charge in [0, 0.05) is 25.7 Å².